The minimum atomic E-state index is -0.595. The van der Waals surface area contributed by atoms with Crippen LogP contribution in [0.1, 0.15) is 0 Å². The SMILES string of the molecule is O=c1n(C[C@H](Br)CBr)c(=O)n(C[C@@H](Br)CBr)c(=O)n1C[C@@H](Br)CBr. The molecular weight excluding hydrogens is 714 g/mol. The Morgan fingerprint density at radius 1 is 0.583 bits per heavy atom. The van der Waals surface area contributed by atoms with E-state index >= 15 is 0 Å². The third-order valence-corrected chi connectivity index (χ3v) is 9.82. The van der Waals surface area contributed by atoms with Crippen LogP contribution in [0.5, 0.6) is 0 Å². The Balaban J connectivity index is 3.55. The van der Waals surface area contributed by atoms with E-state index in [1.165, 1.54) is 0 Å². The number of alkyl halides is 6. The number of hydrogen-bond acceptors (Lipinski definition) is 3. The van der Waals surface area contributed by atoms with E-state index in [0.29, 0.717) is 16.0 Å². The van der Waals surface area contributed by atoms with Crippen LogP contribution in [0.25, 0.3) is 0 Å². The molecule has 0 aliphatic carbocycles. The van der Waals surface area contributed by atoms with Gasteiger partial charge in [-0.3, -0.25) is 0 Å². The van der Waals surface area contributed by atoms with Crippen molar-refractivity contribution in [3.8, 4) is 0 Å². The molecule has 0 bridgehead atoms. The van der Waals surface area contributed by atoms with Gasteiger partial charge in [-0.25, -0.2) is 28.1 Å². The first kappa shape index (κ1) is 23.3. The monoisotopic (exact) mass is 723 g/mol. The molecule has 1 rings (SSSR count). The molecule has 3 atom stereocenters. The van der Waals surface area contributed by atoms with Crippen molar-refractivity contribution in [1.29, 1.82) is 0 Å². The summed E-state index contributed by atoms with van der Waals surface area (Å²) in [6.07, 6.45) is 0. The van der Waals surface area contributed by atoms with Gasteiger partial charge < -0.3 is 0 Å². The van der Waals surface area contributed by atoms with Crippen LogP contribution in [-0.4, -0.2) is 44.2 Å². The van der Waals surface area contributed by atoms with Crippen molar-refractivity contribution in [3.05, 3.63) is 31.5 Å². The summed E-state index contributed by atoms with van der Waals surface area (Å²) in [4.78, 5) is 37.6. The summed E-state index contributed by atoms with van der Waals surface area (Å²) in [6, 6.07) is 0. The topological polar surface area (TPSA) is 66.0 Å². The first-order valence-corrected chi connectivity index (χ1v) is 12.9. The summed E-state index contributed by atoms with van der Waals surface area (Å²) < 4.78 is 3.30. The summed E-state index contributed by atoms with van der Waals surface area (Å²) in [6.45, 7) is 0.517. The fourth-order valence-corrected chi connectivity index (χ4v) is 3.37. The molecule has 0 N–H and O–H groups in total. The molecule has 6 nitrogen and oxygen atoms in total. The van der Waals surface area contributed by atoms with Gasteiger partial charge in [0.25, 0.3) is 0 Å². The van der Waals surface area contributed by atoms with Gasteiger partial charge in [-0.2, -0.15) is 0 Å². The zero-order valence-electron chi connectivity index (χ0n) is 12.3. The standard InChI is InChI=1S/C12H15Br6N3O3/c13-1-7(16)4-19-10(22)20(5-8(17)2-14)12(24)21(11(19)23)6-9(18)3-15/h7-9H,1-6H2/t7-,8-,9+/m0/s1. The molecule has 138 valence electrons. The number of aromatic nitrogens is 3. The van der Waals surface area contributed by atoms with Gasteiger partial charge in [-0.05, 0) is 0 Å². The number of hydrogen-bond donors (Lipinski definition) is 0. The van der Waals surface area contributed by atoms with Crippen molar-refractivity contribution < 1.29 is 0 Å². The van der Waals surface area contributed by atoms with Crippen LogP contribution in [0.4, 0.5) is 0 Å². The third kappa shape index (κ3) is 6.17. The lowest BCUT2D eigenvalue weighted by Gasteiger charge is -2.17. The molecule has 0 fully saturated rings. The Kier molecular flexibility index (Phi) is 10.9. The van der Waals surface area contributed by atoms with E-state index in [0.717, 1.165) is 13.7 Å². The second kappa shape index (κ2) is 11.2. The van der Waals surface area contributed by atoms with E-state index in [4.69, 9.17) is 0 Å². The van der Waals surface area contributed by atoms with Crippen molar-refractivity contribution in [2.24, 2.45) is 0 Å². The molecule has 1 aromatic rings. The Morgan fingerprint density at radius 3 is 0.958 bits per heavy atom. The predicted octanol–water partition coefficient (Wildman–Crippen LogP) is 2.65. The molecule has 24 heavy (non-hydrogen) atoms. The molecule has 1 aromatic heterocycles. The number of rotatable bonds is 9. The first-order chi connectivity index (χ1) is 11.3. The first-order valence-electron chi connectivity index (χ1n) is 6.81. The Bertz CT molecular complexity index is 590. The van der Waals surface area contributed by atoms with Crippen LogP contribution in [0.2, 0.25) is 0 Å². The van der Waals surface area contributed by atoms with Crippen molar-refractivity contribution in [3.63, 3.8) is 0 Å². The van der Waals surface area contributed by atoms with Crippen LogP contribution in [-0.2, 0) is 19.6 Å². The van der Waals surface area contributed by atoms with Crippen LogP contribution in [0.3, 0.4) is 0 Å². The molecule has 0 radical (unpaired) electrons. The van der Waals surface area contributed by atoms with Crippen molar-refractivity contribution in [2.75, 3.05) is 16.0 Å². The van der Waals surface area contributed by atoms with Gasteiger partial charge >= 0.3 is 17.1 Å². The van der Waals surface area contributed by atoms with Gasteiger partial charge in [-0.15, -0.1) is 0 Å². The molecule has 0 spiro atoms. The summed E-state index contributed by atoms with van der Waals surface area (Å²) in [5.41, 5.74) is -1.79. The highest BCUT2D eigenvalue weighted by atomic mass is 79.9. The summed E-state index contributed by atoms with van der Waals surface area (Å²) in [7, 11) is 0. The molecule has 0 aromatic carbocycles. The zero-order valence-corrected chi connectivity index (χ0v) is 21.8. The van der Waals surface area contributed by atoms with E-state index in [9.17, 15) is 14.4 Å². The fourth-order valence-electron chi connectivity index (χ4n) is 1.89. The Hall–Kier alpha value is 1.29. The normalized spacial score (nSPS) is 15.2. The van der Waals surface area contributed by atoms with Crippen LogP contribution in [0, 0.1) is 0 Å². The predicted molar refractivity (Wildman–Crippen MR) is 119 cm³/mol. The summed E-state index contributed by atoms with van der Waals surface area (Å²) >= 11 is 20.1. The van der Waals surface area contributed by atoms with Gasteiger partial charge in [0.2, 0.25) is 0 Å². The summed E-state index contributed by atoms with van der Waals surface area (Å²) in [5.74, 6) is 0. The fraction of sp³-hybridized carbons (Fsp3) is 0.750. The van der Waals surface area contributed by atoms with E-state index in [1.807, 2.05) is 0 Å². The highest BCUT2D eigenvalue weighted by Gasteiger charge is 2.20. The lowest BCUT2D eigenvalue weighted by atomic mass is 10.4. The van der Waals surface area contributed by atoms with Crippen molar-refractivity contribution in [2.45, 2.75) is 34.1 Å². The van der Waals surface area contributed by atoms with E-state index < -0.39 is 17.1 Å². The molecule has 0 aliphatic heterocycles. The molecule has 0 saturated heterocycles. The lowest BCUT2D eigenvalue weighted by molar-refractivity contribution is 0.449. The Morgan fingerprint density at radius 2 is 0.792 bits per heavy atom. The maximum absolute atomic E-state index is 12.6. The highest BCUT2D eigenvalue weighted by Crippen LogP contribution is 2.07. The molecular formula is C12H15Br6N3O3. The number of halogens is 6. The van der Waals surface area contributed by atoms with Crippen LogP contribution < -0.4 is 17.1 Å². The molecule has 0 amide bonds. The van der Waals surface area contributed by atoms with Crippen molar-refractivity contribution in [1.82, 2.24) is 13.7 Å². The van der Waals surface area contributed by atoms with Gasteiger partial charge in [0.1, 0.15) is 0 Å². The van der Waals surface area contributed by atoms with E-state index in [2.05, 4.69) is 95.6 Å². The maximum Gasteiger partial charge on any atom is 0.336 e. The molecule has 1 heterocycles. The van der Waals surface area contributed by atoms with E-state index in [1.54, 1.807) is 0 Å². The second-order valence-electron chi connectivity index (χ2n) is 4.93. The molecule has 0 unspecified atom stereocenters. The van der Waals surface area contributed by atoms with Gasteiger partial charge in [0.15, 0.2) is 0 Å². The van der Waals surface area contributed by atoms with Crippen LogP contribution >= 0.6 is 95.6 Å². The minimum Gasteiger partial charge on any atom is -0.247 e. The lowest BCUT2D eigenvalue weighted by Crippen LogP contribution is -2.56. The quantitative estimate of drug-likeness (QED) is 0.368. The molecule has 0 saturated carbocycles. The van der Waals surface area contributed by atoms with Crippen LogP contribution in [0.15, 0.2) is 14.4 Å². The molecule has 0 aliphatic rings. The minimum absolute atomic E-state index is 0.103. The molecule has 12 heteroatoms. The number of nitrogens with zero attached hydrogens (tertiary/aromatic N) is 3. The third-order valence-electron chi connectivity index (χ3n) is 3.03. The van der Waals surface area contributed by atoms with Gasteiger partial charge in [0.05, 0.1) is 0 Å². The van der Waals surface area contributed by atoms with Crippen molar-refractivity contribution >= 4 is 95.6 Å². The average molecular weight is 729 g/mol. The Labute approximate surface area is 189 Å². The van der Waals surface area contributed by atoms with Gasteiger partial charge in [-0.1, -0.05) is 95.6 Å². The van der Waals surface area contributed by atoms with E-state index in [-0.39, 0.29) is 34.1 Å². The second-order valence-corrected chi connectivity index (χ2v) is 10.8. The smallest absolute Gasteiger partial charge is 0.247 e. The largest absolute Gasteiger partial charge is 0.336 e. The average Bonchev–Trinajstić information content (AvgIpc) is 2.58. The summed E-state index contributed by atoms with van der Waals surface area (Å²) in [5, 5.41) is 1.72. The zero-order chi connectivity index (χ0) is 18.4. The maximum atomic E-state index is 12.6. The van der Waals surface area contributed by atoms with Gasteiger partial charge in [0, 0.05) is 50.1 Å². The highest BCUT2D eigenvalue weighted by molar-refractivity contribution is 9.12.